The largest absolute Gasteiger partial charge is 0.462 e. The van der Waals surface area contributed by atoms with E-state index in [1.165, 1.54) is 122 Å². The van der Waals surface area contributed by atoms with E-state index in [0.29, 0.717) is 19.3 Å². The van der Waals surface area contributed by atoms with Gasteiger partial charge in [-0.05, 0) is 89.9 Å². The lowest BCUT2D eigenvalue weighted by Gasteiger charge is -2.18. The molecule has 0 aliphatic heterocycles. The molecule has 0 N–H and O–H groups in total. The van der Waals surface area contributed by atoms with Gasteiger partial charge in [0.2, 0.25) is 0 Å². The van der Waals surface area contributed by atoms with Crippen LogP contribution in [0.3, 0.4) is 0 Å². The van der Waals surface area contributed by atoms with Crippen LogP contribution < -0.4 is 0 Å². The molecule has 0 aromatic rings. The van der Waals surface area contributed by atoms with Crippen molar-refractivity contribution in [1.82, 2.24) is 0 Å². The molecule has 0 saturated carbocycles. The van der Waals surface area contributed by atoms with Crippen LogP contribution in [0.15, 0.2) is 85.1 Å². The molecule has 0 spiro atoms. The summed E-state index contributed by atoms with van der Waals surface area (Å²) in [6.07, 6.45) is 75.9. The summed E-state index contributed by atoms with van der Waals surface area (Å²) in [5.41, 5.74) is 0. The van der Waals surface area contributed by atoms with Gasteiger partial charge in [-0.2, -0.15) is 0 Å². The zero-order chi connectivity index (χ0) is 50.7. The van der Waals surface area contributed by atoms with Crippen molar-refractivity contribution in [2.24, 2.45) is 0 Å². The van der Waals surface area contributed by atoms with E-state index in [9.17, 15) is 14.4 Å². The molecule has 0 aliphatic carbocycles. The van der Waals surface area contributed by atoms with E-state index >= 15 is 0 Å². The number of hydrogen-bond donors (Lipinski definition) is 0. The molecule has 0 rings (SSSR count). The first kappa shape index (κ1) is 66.6. The molecule has 1 unspecified atom stereocenters. The monoisotopic (exact) mass is 975 g/mol. The molecular formula is C64H110O6. The molecule has 0 fully saturated rings. The van der Waals surface area contributed by atoms with Crippen LogP contribution in [0, 0.1) is 0 Å². The number of rotatable bonds is 53. The minimum Gasteiger partial charge on any atom is -0.462 e. The third-order valence-corrected chi connectivity index (χ3v) is 12.6. The first-order valence-electron chi connectivity index (χ1n) is 29.6. The second-order valence-corrected chi connectivity index (χ2v) is 19.5. The fraction of sp³-hybridized carbons (Fsp3) is 0.734. The number of hydrogen-bond acceptors (Lipinski definition) is 6. The van der Waals surface area contributed by atoms with Crippen LogP contribution in [0.4, 0.5) is 0 Å². The van der Waals surface area contributed by atoms with Crippen molar-refractivity contribution < 1.29 is 28.6 Å². The Morgan fingerprint density at radius 1 is 0.300 bits per heavy atom. The summed E-state index contributed by atoms with van der Waals surface area (Å²) in [6, 6.07) is 0. The van der Waals surface area contributed by atoms with Crippen molar-refractivity contribution >= 4 is 17.9 Å². The second-order valence-electron chi connectivity index (χ2n) is 19.5. The summed E-state index contributed by atoms with van der Waals surface area (Å²) in [6.45, 7) is 6.39. The Kier molecular flexibility index (Phi) is 55.3. The zero-order valence-electron chi connectivity index (χ0n) is 46.0. The molecule has 0 heterocycles. The predicted octanol–water partition coefficient (Wildman–Crippen LogP) is 19.9. The van der Waals surface area contributed by atoms with E-state index in [1.807, 2.05) is 0 Å². The molecule has 0 amide bonds. The van der Waals surface area contributed by atoms with Gasteiger partial charge in [0.25, 0.3) is 0 Å². The van der Waals surface area contributed by atoms with Gasteiger partial charge in [0, 0.05) is 19.3 Å². The van der Waals surface area contributed by atoms with Gasteiger partial charge in [0.05, 0.1) is 0 Å². The van der Waals surface area contributed by atoms with Gasteiger partial charge in [-0.25, -0.2) is 0 Å². The van der Waals surface area contributed by atoms with E-state index in [4.69, 9.17) is 14.2 Å². The van der Waals surface area contributed by atoms with Crippen molar-refractivity contribution in [2.75, 3.05) is 13.2 Å². The Labute approximate surface area is 433 Å². The molecule has 0 saturated heterocycles. The Bertz CT molecular complexity index is 1350. The molecule has 70 heavy (non-hydrogen) atoms. The number of esters is 3. The minimum absolute atomic E-state index is 0.0943. The van der Waals surface area contributed by atoms with Gasteiger partial charge in [0.15, 0.2) is 6.10 Å². The number of carbonyl (C=O) groups excluding carboxylic acids is 3. The fourth-order valence-corrected chi connectivity index (χ4v) is 8.27. The molecule has 0 bridgehead atoms. The van der Waals surface area contributed by atoms with Gasteiger partial charge in [-0.3, -0.25) is 14.4 Å². The van der Waals surface area contributed by atoms with E-state index in [0.717, 1.165) is 122 Å². The quantitative estimate of drug-likeness (QED) is 0.0261. The smallest absolute Gasteiger partial charge is 0.306 e. The van der Waals surface area contributed by atoms with Crippen molar-refractivity contribution in [2.45, 2.75) is 290 Å². The summed E-state index contributed by atoms with van der Waals surface area (Å²) in [7, 11) is 0. The highest BCUT2D eigenvalue weighted by Gasteiger charge is 2.19. The molecule has 0 aliphatic rings. The zero-order valence-corrected chi connectivity index (χ0v) is 46.0. The first-order chi connectivity index (χ1) is 34.5. The lowest BCUT2D eigenvalue weighted by atomic mass is 10.0. The molecule has 0 radical (unpaired) electrons. The number of ether oxygens (including phenoxy) is 3. The van der Waals surface area contributed by atoms with Crippen LogP contribution in [-0.2, 0) is 28.6 Å². The maximum atomic E-state index is 12.9. The van der Waals surface area contributed by atoms with Crippen molar-refractivity contribution in [3.8, 4) is 0 Å². The molecule has 6 heteroatoms. The highest BCUT2D eigenvalue weighted by Crippen LogP contribution is 2.16. The van der Waals surface area contributed by atoms with Crippen LogP contribution in [0.2, 0.25) is 0 Å². The van der Waals surface area contributed by atoms with Crippen LogP contribution >= 0.6 is 0 Å². The highest BCUT2D eigenvalue weighted by molar-refractivity contribution is 5.71. The number of unbranched alkanes of at least 4 members (excludes halogenated alkanes) is 28. The van der Waals surface area contributed by atoms with Gasteiger partial charge >= 0.3 is 17.9 Å². The summed E-state index contributed by atoms with van der Waals surface area (Å²) in [5, 5.41) is 0. The van der Waals surface area contributed by atoms with Gasteiger partial charge in [-0.15, -0.1) is 0 Å². The van der Waals surface area contributed by atoms with Crippen LogP contribution in [0.25, 0.3) is 0 Å². The van der Waals surface area contributed by atoms with E-state index in [-0.39, 0.29) is 31.1 Å². The molecular weight excluding hydrogens is 865 g/mol. The van der Waals surface area contributed by atoms with Crippen molar-refractivity contribution in [3.05, 3.63) is 85.1 Å². The summed E-state index contributed by atoms with van der Waals surface area (Å²) >= 11 is 0. The molecule has 6 nitrogen and oxygen atoms in total. The standard InChI is InChI=1S/C64H110O6/c1-4-7-10-13-16-19-22-25-27-29-30-31-32-33-35-36-39-42-45-48-51-54-57-63(66)69-60-61(59-68-62(65)56-53-50-47-44-41-38-24-21-18-15-12-9-6-3)70-64(67)58-55-52-49-46-43-40-37-34-28-26-23-20-17-14-11-8-5-2/h8-9,11-12,17-18,20-21,26,28,37-38,40-41,61H,4-7,10,13-16,19,22-25,27,29-36,39,42-60H2,1-3H3/b11-8-,12-9-,20-17-,21-18-,28-26-,40-37-,41-38-. The Morgan fingerprint density at radius 3 is 0.886 bits per heavy atom. The van der Waals surface area contributed by atoms with Crippen molar-refractivity contribution in [3.63, 3.8) is 0 Å². The van der Waals surface area contributed by atoms with E-state index in [1.54, 1.807) is 0 Å². The van der Waals surface area contributed by atoms with Crippen LogP contribution in [0.5, 0.6) is 0 Å². The first-order valence-corrected chi connectivity index (χ1v) is 29.6. The summed E-state index contributed by atoms with van der Waals surface area (Å²) in [5.74, 6) is -0.941. The minimum atomic E-state index is -0.801. The normalized spacial score (nSPS) is 12.7. The van der Waals surface area contributed by atoms with Crippen molar-refractivity contribution in [1.29, 1.82) is 0 Å². The molecule has 402 valence electrons. The maximum absolute atomic E-state index is 12.9. The molecule has 0 aromatic heterocycles. The van der Waals surface area contributed by atoms with Crippen LogP contribution in [0.1, 0.15) is 284 Å². The average Bonchev–Trinajstić information content (AvgIpc) is 3.36. The summed E-state index contributed by atoms with van der Waals surface area (Å²) < 4.78 is 16.8. The highest BCUT2D eigenvalue weighted by atomic mass is 16.6. The van der Waals surface area contributed by atoms with E-state index < -0.39 is 6.10 Å². The lowest BCUT2D eigenvalue weighted by Crippen LogP contribution is -2.30. The molecule has 1 atom stereocenters. The third-order valence-electron chi connectivity index (χ3n) is 12.6. The number of carbonyl (C=O) groups is 3. The number of allylic oxidation sites excluding steroid dienone is 14. The Hall–Kier alpha value is -3.41. The fourth-order valence-electron chi connectivity index (χ4n) is 8.27. The summed E-state index contributed by atoms with van der Waals surface area (Å²) in [4.78, 5) is 38.2. The van der Waals surface area contributed by atoms with Gasteiger partial charge < -0.3 is 14.2 Å². The Balaban J connectivity index is 4.36. The topological polar surface area (TPSA) is 78.9 Å². The Morgan fingerprint density at radius 2 is 0.557 bits per heavy atom. The third kappa shape index (κ3) is 55.5. The van der Waals surface area contributed by atoms with E-state index in [2.05, 4.69) is 106 Å². The maximum Gasteiger partial charge on any atom is 0.306 e. The average molecular weight is 976 g/mol. The van der Waals surface area contributed by atoms with Gasteiger partial charge in [-0.1, -0.05) is 260 Å². The SMILES string of the molecule is CC/C=C\C/C=C\C/C=C\C/C=C\CCCCCCC(=O)OC(COC(=O)CCCCC/C=C\C/C=C\C/C=C\CC)COC(=O)CCCCCCCCCCCCCCCCCCCCCCCC. The van der Waals surface area contributed by atoms with Gasteiger partial charge in [0.1, 0.15) is 13.2 Å². The second kappa shape index (κ2) is 58.2. The lowest BCUT2D eigenvalue weighted by molar-refractivity contribution is -0.167. The predicted molar refractivity (Wildman–Crippen MR) is 302 cm³/mol. The van der Waals surface area contributed by atoms with Crippen LogP contribution in [-0.4, -0.2) is 37.2 Å². The molecule has 0 aromatic carbocycles.